The summed E-state index contributed by atoms with van der Waals surface area (Å²) in [5.74, 6) is 5.47. The van der Waals surface area contributed by atoms with Crippen LogP contribution in [0.15, 0.2) is 64.7 Å². The number of likely N-dealkylation sites (tertiary alicyclic amines) is 1. The number of rotatable bonds is 7. The van der Waals surface area contributed by atoms with Gasteiger partial charge in [0.1, 0.15) is 0 Å². The number of benzene rings is 2. The lowest BCUT2D eigenvalue weighted by atomic mass is 10.00. The molecule has 1 aliphatic heterocycles. The third-order valence-electron chi connectivity index (χ3n) is 6.94. The average Bonchev–Trinajstić information content (AvgIpc) is 3.29. The molecule has 0 saturated carbocycles. The van der Waals surface area contributed by atoms with Gasteiger partial charge in [-0.05, 0) is 61.1 Å². The molecule has 2 aromatic carbocycles. The van der Waals surface area contributed by atoms with E-state index < -0.39 is 0 Å². The van der Waals surface area contributed by atoms with Gasteiger partial charge in [0, 0.05) is 44.0 Å². The lowest BCUT2D eigenvalue weighted by Crippen LogP contribution is -2.45. The van der Waals surface area contributed by atoms with Gasteiger partial charge in [-0.25, -0.2) is 0 Å². The molecule has 4 rings (SSSR count). The Bertz CT molecular complexity index is 1200. The van der Waals surface area contributed by atoms with E-state index in [4.69, 9.17) is 22.9 Å². The average molecular weight is 508 g/mol. The molecular weight excluding hydrogens is 478 g/mol. The molecule has 2 aromatic rings. The largest absolute Gasteiger partial charge is 0.355 e. The minimum atomic E-state index is -0.218. The highest BCUT2D eigenvalue weighted by atomic mass is 35.5. The van der Waals surface area contributed by atoms with Crippen molar-refractivity contribution in [3.05, 3.63) is 81.6 Å². The van der Waals surface area contributed by atoms with Crippen LogP contribution >= 0.6 is 11.6 Å². The van der Waals surface area contributed by atoms with E-state index in [1.54, 1.807) is 35.2 Å². The van der Waals surface area contributed by atoms with E-state index in [2.05, 4.69) is 15.7 Å². The standard InChI is InChI=1S/C26H30ClN7O2/c1-33(19-11-14-34(15-12-19)24(10-13-28)31-32-29)26(36)18-7-6-17-8-9-23(21(17)16-18)30-25(35)20-4-2-3-5-22(20)27/h2-7,10,13,16,19,23,28H,8-9,11-12,14-15H2,1H3,(H2,29,31)(H,30,35)/b24-10+,28-13?/t23-/m1/s1. The van der Waals surface area contributed by atoms with Crippen molar-refractivity contribution >= 4 is 29.6 Å². The van der Waals surface area contributed by atoms with Gasteiger partial charge in [0.2, 0.25) is 0 Å². The topological polar surface area (TPSA) is 127 Å². The fraction of sp³-hybridized carbons (Fsp3) is 0.346. The van der Waals surface area contributed by atoms with Crippen LogP contribution in [0.25, 0.3) is 0 Å². The monoisotopic (exact) mass is 507 g/mol. The predicted molar refractivity (Wildman–Crippen MR) is 139 cm³/mol. The minimum Gasteiger partial charge on any atom is -0.355 e. The molecule has 2 amide bonds. The van der Waals surface area contributed by atoms with Gasteiger partial charge in [0.25, 0.3) is 11.8 Å². The minimum absolute atomic E-state index is 0.0452. The first-order valence-corrected chi connectivity index (χ1v) is 12.3. The second-order valence-electron chi connectivity index (χ2n) is 9.00. The molecule has 1 fully saturated rings. The summed E-state index contributed by atoms with van der Waals surface area (Å²) < 4.78 is 0. The van der Waals surface area contributed by atoms with Crippen LogP contribution in [-0.4, -0.2) is 54.0 Å². The summed E-state index contributed by atoms with van der Waals surface area (Å²) in [6.07, 6.45) is 5.86. The Morgan fingerprint density at radius 3 is 2.64 bits per heavy atom. The summed E-state index contributed by atoms with van der Waals surface area (Å²) in [5.41, 5.74) is 3.18. The molecule has 1 saturated heterocycles. The van der Waals surface area contributed by atoms with Gasteiger partial charge >= 0.3 is 0 Å². The number of piperidine rings is 1. The van der Waals surface area contributed by atoms with E-state index in [-0.39, 0.29) is 23.9 Å². The zero-order valence-electron chi connectivity index (χ0n) is 20.2. The SMILES string of the molecule is CN(C(=O)c1ccc2c(c1)[C@H](NC(=O)c1ccccc1Cl)CC2)C1CCN(/C(=C/C=N)N=NN)CC1. The maximum atomic E-state index is 13.4. The zero-order valence-corrected chi connectivity index (χ0v) is 20.9. The summed E-state index contributed by atoms with van der Waals surface area (Å²) in [6.45, 7) is 1.36. The second kappa shape index (κ2) is 11.3. The Morgan fingerprint density at radius 2 is 1.94 bits per heavy atom. The van der Waals surface area contributed by atoms with E-state index in [1.807, 2.05) is 30.1 Å². The molecular formula is C26H30ClN7O2. The van der Waals surface area contributed by atoms with Crippen LogP contribution in [0, 0.1) is 5.41 Å². The Kier molecular flexibility index (Phi) is 8.00. The molecule has 10 heteroatoms. The molecule has 0 bridgehead atoms. The maximum Gasteiger partial charge on any atom is 0.253 e. The number of nitrogens with one attached hydrogen (secondary N) is 2. The van der Waals surface area contributed by atoms with Crippen molar-refractivity contribution < 1.29 is 9.59 Å². The normalized spacial score (nSPS) is 18.2. The van der Waals surface area contributed by atoms with Gasteiger partial charge < -0.3 is 26.4 Å². The first-order chi connectivity index (χ1) is 17.4. The number of aryl methyl sites for hydroxylation is 1. The van der Waals surface area contributed by atoms with Crippen molar-refractivity contribution in [1.82, 2.24) is 15.1 Å². The van der Waals surface area contributed by atoms with Gasteiger partial charge in [-0.15, -0.1) is 5.11 Å². The fourth-order valence-electron chi connectivity index (χ4n) is 4.95. The molecule has 0 aromatic heterocycles. The number of carbonyl (C=O) groups excluding carboxylic acids is 2. The van der Waals surface area contributed by atoms with Crippen LogP contribution in [0.5, 0.6) is 0 Å². The molecule has 1 aliphatic carbocycles. The molecule has 0 unspecified atom stereocenters. The van der Waals surface area contributed by atoms with Gasteiger partial charge in [-0.2, -0.15) is 0 Å². The van der Waals surface area contributed by atoms with Crippen LogP contribution in [0.3, 0.4) is 0 Å². The highest BCUT2D eigenvalue weighted by Crippen LogP contribution is 2.33. The Balaban J connectivity index is 1.43. The predicted octanol–water partition coefficient (Wildman–Crippen LogP) is 4.11. The van der Waals surface area contributed by atoms with Crippen molar-refractivity contribution in [3.8, 4) is 0 Å². The number of amides is 2. The lowest BCUT2D eigenvalue weighted by molar-refractivity contribution is 0.0662. The van der Waals surface area contributed by atoms with Gasteiger partial charge in [0.15, 0.2) is 5.82 Å². The van der Waals surface area contributed by atoms with Gasteiger partial charge in [0.05, 0.1) is 16.6 Å². The van der Waals surface area contributed by atoms with E-state index in [0.717, 1.165) is 43.0 Å². The molecule has 2 aliphatic rings. The zero-order chi connectivity index (χ0) is 25.7. The van der Waals surface area contributed by atoms with E-state index in [1.165, 1.54) is 0 Å². The quantitative estimate of drug-likeness (QED) is 0.225. The first kappa shape index (κ1) is 25.4. The Morgan fingerprint density at radius 1 is 1.19 bits per heavy atom. The molecule has 4 N–H and O–H groups in total. The number of nitrogens with two attached hydrogens (primary N) is 1. The summed E-state index contributed by atoms with van der Waals surface area (Å²) in [7, 11) is 1.83. The van der Waals surface area contributed by atoms with Gasteiger partial charge in [-0.3, -0.25) is 9.59 Å². The van der Waals surface area contributed by atoms with Crippen molar-refractivity contribution in [2.75, 3.05) is 20.1 Å². The molecule has 0 radical (unpaired) electrons. The Labute approximate surface area is 215 Å². The van der Waals surface area contributed by atoms with Crippen molar-refractivity contribution in [3.63, 3.8) is 0 Å². The number of nitrogens with zero attached hydrogens (tertiary/aromatic N) is 4. The summed E-state index contributed by atoms with van der Waals surface area (Å²) in [5, 5.41) is 18.0. The third kappa shape index (κ3) is 5.41. The van der Waals surface area contributed by atoms with Crippen molar-refractivity contribution in [2.45, 2.75) is 37.8 Å². The highest BCUT2D eigenvalue weighted by molar-refractivity contribution is 6.33. The molecule has 1 heterocycles. The molecule has 1 atom stereocenters. The van der Waals surface area contributed by atoms with Gasteiger partial charge in [-0.1, -0.05) is 35.0 Å². The van der Waals surface area contributed by atoms with Crippen LogP contribution in [0.2, 0.25) is 5.02 Å². The summed E-state index contributed by atoms with van der Waals surface area (Å²) in [6, 6.07) is 12.7. The van der Waals surface area contributed by atoms with Crippen LogP contribution in [-0.2, 0) is 6.42 Å². The first-order valence-electron chi connectivity index (χ1n) is 11.9. The highest BCUT2D eigenvalue weighted by Gasteiger charge is 2.29. The van der Waals surface area contributed by atoms with Crippen LogP contribution < -0.4 is 11.2 Å². The maximum absolute atomic E-state index is 13.4. The van der Waals surface area contributed by atoms with Crippen LogP contribution in [0.4, 0.5) is 0 Å². The van der Waals surface area contributed by atoms with Crippen LogP contribution in [0.1, 0.15) is 57.1 Å². The number of allylic oxidation sites excluding steroid dienone is 1. The number of halogens is 1. The molecule has 36 heavy (non-hydrogen) atoms. The number of carbonyl (C=O) groups is 2. The number of fused-ring (bicyclic) bond motifs is 1. The van der Waals surface area contributed by atoms with Crippen molar-refractivity contribution in [1.29, 1.82) is 5.41 Å². The van der Waals surface area contributed by atoms with E-state index in [0.29, 0.717) is 35.1 Å². The fourth-order valence-corrected chi connectivity index (χ4v) is 5.18. The molecule has 0 spiro atoms. The van der Waals surface area contributed by atoms with Crippen molar-refractivity contribution in [2.24, 2.45) is 16.2 Å². The smallest absolute Gasteiger partial charge is 0.253 e. The second-order valence-corrected chi connectivity index (χ2v) is 9.41. The van der Waals surface area contributed by atoms with E-state index in [9.17, 15) is 9.59 Å². The summed E-state index contributed by atoms with van der Waals surface area (Å²) >= 11 is 6.20. The molecule has 9 nitrogen and oxygen atoms in total. The number of hydrogen-bond donors (Lipinski definition) is 3. The van der Waals surface area contributed by atoms with E-state index >= 15 is 0 Å². The lowest BCUT2D eigenvalue weighted by Gasteiger charge is -2.37. The molecule has 188 valence electrons. The third-order valence-corrected chi connectivity index (χ3v) is 7.27. The Hall–Kier alpha value is -3.72. The summed E-state index contributed by atoms with van der Waals surface area (Å²) in [4.78, 5) is 30.0. The number of hydrogen-bond acceptors (Lipinski definition) is 6.